The van der Waals surface area contributed by atoms with Crippen molar-refractivity contribution in [3.63, 3.8) is 0 Å². The van der Waals surface area contributed by atoms with E-state index in [9.17, 15) is 19.2 Å². The number of ether oxygens (including phenoxy) is 2. The molecule has 1 aromatic heterocycles. The van der Waals surface area contributed by atoms with Crippen LogP contribution in [0.1, 0.15) is 73.8 Å². The molecule has 0 saturated heterocycles. The molecule has 0 radical (unpaired) electrons. The summed E-state index contributed by atoms with van der Waals surface area (Å²) < 4.78 is 16.9. The summed E-state index contributed by atoms with van der Waals surface area (Å²) in [5.74, 6) is -0.408. The van der Waals surface area contributed by atoms with Crippen molar-refractivity contribution >= 4 is 35.2 Å². The van der Waals surface area contributed by atoms with Crippen molar-refractivity contribution in [2.45, 2.75) is 71.5 Å². The van der Waals surface area contributed by atoms with Gasteiger partial charge in [-0.05, 0) is 50.7 Å². The minimum absolute atomic E-state index is 0.0350. The molecular weight excluding hydrogens is 554 g/mol. The predicted molar refractivity (Wildman–Crippen MR) is 149 cm³/mol. The number of rotatable bonds is 4. The Kier molecular flexibility index (Phi) is 9.74. The number of amides is 4. The number of carbonyl (C=O) groups excluding carboxylic acids is 4. The third kappa shape index (κ3) is 7.49. The second-order valence-electron chi connectivity index (χ2n) is 10.6. The van der Waals surface area contributed by atoms with E-state index in [0.29, 0.717) is 61.1 Å². The van der Waals surface area contributed by atoms with Crippen molar-refractivity contribution in [1.29, 1.82) is 0 Å². The quantitative estimate of drug-likeness (QED) is 0.423. The lowest BCUT2D eigenvalue weighted by Crippen LogP contribution is -2.49. The van der Waals surface area contributed by atoms with Gasteiger partial charge in [0.25, 0.3) is 5.91 Å². The number of nitrogens with zero attached hydrogens (tertiary/aromatic N) is 1. The number of hydrogen-bond acceptors (Lipinski definition) is 8. The zero-order valence-corrected chi connectivity index (χ0v) is 24.4. The molecule has 0 saturated carbocycles. The van der Waals surface area contributed by atoms with Gasteiger partial charge < -0.3 is 35.2 Å². The van der Waals surface area contributed by atoms with Crippen LogP contribution in [-0.4, -0.2) is 60.5 Å². The summed E-state index contributed by atoms with van der Waals surface area (Å²) in [6.45, 7) is 8.10. The molecule has 0 spiro atoms. The van der Waals surface area contributed by atoms with Gasteiger partial charge in [-0.3, -0.25) is 19.2 Å². The van der Waals surface area contributed by atoms with E-state index in [2.05, 4.69) is 26.3 Å². The molecule has 0 unspecified atom stereocenters. The van der Waals surface area contributed by atoms with Crippen LogP contribution in [0.25, 0.3) is 0 Å². The number of benzene rings is 1. The van der Waals surface area contributed by atoms with E-state index in [1.165, 1.54) is 0 Å². The number of halogens is 1. The Morgan fingerprint density at radius 1 is 1.10 bits per heavy atom. The fourth-order valence-corrected chi connectivity index (χ4v) is 4.85. The van der Waals surface area contributed by atoms with Gasteiger partial charge in [-0.15, -0.1) is 0 Å². The summed E-state index contributed by atoms with van der Waals surface area (Å²) in [5.41, 5.74) is 0.577. The minimum Gasteiger partial charge on any atom is -0.486 e. The van der Waals surface area contributed by atoms with Crippen molar-refractivity contribution in [3.05, 3.63) is 40.1 Å². The summed E-state index contributed by atoms with van der Waals surface area (Å²) in [6.07, 6.45) is 1.36. The Bertz CT molecular complexity index is 1310. The second kappa shape index (κ2) is 13.2. The molecule has 2 aromatic rings. The number of aryl methyl sites for hydroxylation is 1. The molecule has 3 heterocycles. The second-order valence-corrected chi connectivity index (χ2v) is 11.0. The van der Waals surface area contributed by atoms with Crippen molar-refractivity contribution in [2.24, 2.45) is 5.92 Å². The predicted octanol–water partition coefficient (Wildman–Crippen LogP) is 2.37. The van der Waals surface area contributed by atoms with Crippen LogP contribution < -0.4 is 30.7 Å². The Hall–Kier alpha value is -3.80. The molecule has 4 amide bonds. The first-order valence-electron chi connectivity index (χ1n) is 13.8. The Morgan fingerprint density at radius 3 is 2.51 bits per heavy atom. The molecule has 13 heteroatoms. The Balaban J connectivity index is 1.54. The molecule has 2 bridgehead atoms. The molecule has 222 valence electrons. The molecule has 4 N–H and O–H groups in total. The van der Waals surface area contributed by atoms with E-state index >= 15 is 0 Å². The maximum absolute atomic E-state index is 13.5. The van der Waals surface area contributed by atoms with Gasteiger partial charge in [0.1, 0.15) is 37.1 Å². The third-order valence-corrected chi connectivity index (χ3v) is 7.28. The van der Waals surface area contributed by atoms with Crippen LogP contribution in [0, 0.1) is 12.8 Å². The van der Waals surface area contributed by atoms with Crippen LogP contribution in [0.5, 0.6) is 11.5 Å². The number of nitrogens with one attached hydrogen (secondary N) is 4. The van der Waals surface area contributed by atoms with Gasteiger partial charge in [-0.25, -0.2) is 4.98 Å². The number of hydrogen-bond donors (Lipinski definition) is 4. The van der Waals surface area contributed by atoms with E-state index in [4.69, 9.17) is 25.5 Å². The normalized spacial score (nSPS) is 22.0. The van der Waals surface area contributed by atoms with E-state index in [1.807, 2.05) is 13.8 Å². The summed E-state index contributed by atoms with van der Waals surface area (Å²) >= 11 is 6.40. The zero-order chi connectivity index (χ0) is 29.7. The lowest BCUT2D eigenvalue weighted by atomic mass is 10.0. The first kappa shape index (κ1) is 30.2. The first-order chi connectivity index (χ1) is 19.5. The SMILES string of the molecule is Cc1oc2nc1C(=O)N[C@H](C)C(=O)NCCCC[C@H](NC(=O)Cc1cc3c(cc1Cl)OCCO3)C(=O)N[C@H]2C(C)C. The van der Waals surface area contributed by atoms with E-state index in [-0.39, 0.29) is 35.6 Å². The molecule has 4 rings (SSSR count). The van der Waals surface area contributed by atoms with Crippen molar-refractivity contribution < 1.29 is 33.1 Å². The summed E-state index contributed by atoms with van der Waals surface area (Å²) in [6, 6.07) is 0.971. The highest BCUT2D eigenvalue weighted by atomic mass is 35.5. The highest BCUT2D eigenvalue weighted by Gasteiger charge is 2.31. The molecule has 0 aliphatic carbocycles. The van der Waals surface area contributed by atoms with Gasteiger partial charge in [0.05, 0.1) is 6.42 Å². The van der Waals surface area contributed by atoms with Gasteiger partial charge in [-0.1, -0.05) is 25.4 Å². The summed E-state index contributed by atoms with van der Waals surface area (Å²) in [5, 5.41) is 11.6. The third-order valence-electron chi connectivity index (χ3n) is 6.93. The largest absolute Gasteiger partial charge is 0.486 e. The van der Waals surface area contributed by atoms with Crippen LogP contribution in [0.4, 0.5) is 0 Å². The van der Waals surface area contributed by atoms with Crippen molar-refractivity contribution in [3.8, 4) is 11.5 Å². The lowest BCUT2D eigenvalue weighted by molar-refractivity contribution is -0.129. The van der Waals surface area contributed by atoms with Gasteiger partial charge in [0.15, 0.2) is 17.2 Å². The zero-order valence-electron chi connectivity index (χ0n) is 23.6. The molecule has 2 aliphatic heterocycles. The molecule has 41 heavy (non-hydrogen) atoms. The Labute approximate surface area is 243 Å². The standard InChI is InChI=1S/C28H36ClN5O7/c1-14(2)23-28-34-24(16(4)41-28)27(38)31-15(3)25(36)30-8-6-5-7-19(26(37)33-23)32-22(35)12-17-11-20-21(13-18(17)29)40-10-9-39-20/h11,13-15,19,23H,5-10,12H2,1-4H3,(H,30,36)(H,31,38)(H,32,35)(H,33,37)/t15-,19+,23+/m1/s1. The fourth-order valence-electron chi connectivity index (χ4n) is 4.63. The Morgan fingerprint density at radius 2 is 1.80 bits per heavy atom. The number of aromatic nitrogens is 1. The minimum atomic E-state index is -0.874. The van der Waals surface area contributed by atoms with Crippen LogP contribution in [0.2, 0.25) is 5.02 Å². The average molecular weight is 590 g/mol. The van der Waals surface area contributed by atoms with Gasteiger partial charge >= 0.3 is 0 Å². The molecule has 12 nitrogen and oxygen atoms in total. The molecule has 2 aliphatic rings. The van der Waals surface area contributed by atoms with E-state index in [1.54, 1.807) is 26.0 Å². The van der Waals surface area contributed by atoms with E-state index < -0.39 is 35.8 Å². The van der Waals surface area contributed by atoms with Crippen molar-refractivity contribution in [1.82, 2.24) is 26.3 Å². The molecular formula is C28H36ClN5O7. The lowest BCUT2D eigenvalue weighted by Gasteiger charge is -2.24. The molecule has 1 aromatic carbocycles. The highest BCUT2D eigenvalue weighted by molar-refractivity contribution is 6.31. The van der Waals surface area contributed by atoms with Crippen molar-refractivity contribution in [2.75, 3.05) is 19.8 Å². The number of fused-ring (bicyclic) bond motifs is 3. The maximum Gasteiger partial charge on any atom is 0.274 e. The highest BCUT2D eigenvalue weighted by Crippen LogP contribution is 2.35. The van der Waals surface area contributed by atoms with Gasteiger partial charge in [0.2, 0.25) is 23.6 Å². The molecule has 3 atom stereocenters. The van der Waals surface area contributed by atoms with Gasteiger partial charge in [-0.2, -0.15) is 0 Å². The number of oxazole rings is 1. The average Bonchev–Trinajstić information content (AvgIpc) is 3.31. The number of carbonyl (C=O) groups is 4. The fraction of sp³-hybridized carbons (Fsp3) is 0.536. The van der Waals surface area contributed by atoms with Crippen LogP contribution >= 0.6 is 11.6 Å². The first-order valence-corrected chi connectivity index (χ1v) is 14.1. The monoisotopic (exact) mass is 589 g/mol. The summed E-state index contributed by atoms with van der Waals surface area (Å²) in [4.78, 5) is 56.3. The topological polar surface area (TPSA) is 161 Å². The van der Waals surface area contributed by atoms with Gasteiger partial charge in [0, 0.05) is 17.6 Å². The molecule has 0 fully saturated rings. The maximum atomic E-state index is 13.5. The van der Waals surface area contributed by atoms with Crippen LogP contribution in [-0.2, 0) is 20.8 Å². The smallest absolute Gasteiger partial charge is 0.274 e. The van der Waals surface area contributed by atoms with Crippen LogP contribution in [0.15, 0.2) is 16.5 Å². The van der Waals surface area contributed by atoms with Crippen LogP contribution in [0.3, 0.4) is 0 Å². The van der Waals surface area contributed by atoms with E-state index in [0.717, 1.165) is 0 Å². The summed E-state index contributed by atoms with van der Waals surface area (Å²) in [7, 11) is 0.